The van der Waals surface area contributed by atoms with Crippen molar-refractivity contribution in [1.29, 1.82) is 0 Å². The number of piperidine rings is 1. The Morgan fingerprint density at radius 1 is 0.862 bits per heavy atom. The topological polar surface area (TPSA) is 78.5 Å². The van der Waals surface area contributed by atoms with Gasteiger partial charge in [0.2, 0.25) is 11.8 Å². The van der Waals surface area contributed by atoms with Gasteiger partial charge >= 0.3 is 0 Å². The number of hydrogen-bond donors (Lipinski definition) is 2. The van der Waals surface area contributed by atoms with E-state index in [1.807, 2.05) is 36.9 Å². The van der Waals surface area contributed by atoms with Crippen LogP contribution in [0, 0.1) is 19.8 Å². The van der Waals surface area contributed by atoms with E-state index in [-0.39, 0.29) is 23.6 Å². The van der Waals surface area contributed by atoms with Crippen molar-refractivity contribution in [3.8, 4) is 0 Å². The predicted octanol–water partition coefficient (Wildman–Crippen LogP) is 3.75. The summed E-state index contributed by atoms with van der Waals surface area (Å²) in [7, 11) is 0. The van der Waals surface area contributed by atoms with E-state index in [9.17, 15) is 14.4 Å². The van der Waals surface area contributed by atoms with E-state index in [2.05, 4.69) is 10.6 Å². The number of likely N-dealkylation sites (tertiary alicyclic amines) is 1. The number of nitrogens with one attached hydrogen (secondary N) is 2. The molecule has 1 fully saturated rings. The first-order valence-corrected chi connectivity index (χ1v) is 9.88. The molecule has 1 heterocycles. The number of aryl methyl sites for hydroxylation is 2. The molecule has 1 aliphatic rings. The Kier molecular flexibility index (Phi) is 6.32. The number of carbonyl (C=O) groups excluding carboxylic acids is 3. The van der Waals surface area contributed by atoms with Gasteiger partial charge in [-0.3, -0.25) is 14.4 Å². The average molecular weight is 393 g/mol. The van der Waals surface area contributed by atoms with Crippen molar-refractivity contribution >= 4 is 29.1 Å². The molecule has 29 heavy (non-hydrogen) atoms. The summed E-state index contributed by atoms with van der Waals surface area (Å²) in [5.74, 6) is -0.256. The third-order valence-electron chi connectivity index (χ3n) is 5.38. The molecule has 1 saturated heterocycles. The Labute approximate surface area is 171 Å². The largest absolute Gasteiger partial charge is 0.339 e. The number of hydrogen-bond acceptors (Lipinski definition) is 3. The first-order chi connectivity index (χ1) is 13.8. The molecule has 6 heteroatoms. The summed E-state index contributed by atoms with van der Waals surface area (Å²) >= 11 is 0. The highest BCUT2D eigenvalue weighted by Crippen LogP contribution is 2.22. The Balaban J connectivity index is 1.53. The predicted molar refractivity (Wildman–Crippen MR) is 114 cm³/mol. The van der Waals surface area contributed by atoms with Crippen molar-refractivity contribution < 1.29 is 14.4 Å². The van der Waals surface area contributed by atoms with E-state index >= 15 is 0 Å². The molecule has 0 aromatic heterocycles. The standard InChI is InChI=1S/C23H27N3O3/c1-15-4-5-19(14-16(15)2)23(29)26-12-10-18(11-13-26)22(28)25-21-8-6-20(7-9-21)24-17(3)27/h4-9,14,18H,10-13H2,1-3H3,(H,24,27)(H,25,28). The van der Waals surface area contributed by atoms with Crippen molar-refractivity contribution in [3.63, 3.8) is 0 Å². The molecule has 3 rings (SSSR count). The molecule has 3 amide bonds. The van der Waals surface area contributed by atoms with Crippen molar-refractivity contribution in [2.45, 2.75) is 33.6 Å². The van der Waals surface area contributed by atoms with Gasteiger partial charge in [-0.05, 0) is 74.2 Å². The maximum atomic E-state index is 12.7. The smallest absolute Gasteiger partial charge is 0.253 e. The van der Waals surface area contributed by atoms with Crippen LogP contribution in [0.25, 0.3) is 0 Å². The van der Waals surface area contributed by atoms with Gasteiger partial charge in [-0.2, -0.15) is 0 Å². The van der Waals surface area contributed by atoms with Crippen LogP contribution in [0.4, 0.5) is 11.4 Å². The number of benzene rings is 2. The van der Waals surface area contributed by atoms with Gasteiger partial charge in [0.05, 0.1) is 0 Å². The van der Waals surface area contributed by atoms with Crippen LogP contribution in [-0.2, 0) is 9.59 Å². The van der Waals surface area contributed by atoms with Gasteiger partial charge in [-0.25, -0.2) is 0 Å². The van der Waals surface area contributed by atoms with Crippen LogP contribution in [0.3, 0.4) is 0 Å². The second kappa shape index (κ2) is 8.90. The van der Waals surface area contributed by atoms with Crippen LogP contribution >= 0.6 is 0 Å². The van der Waals surface area contributed by atoms with E-state index in [0.29, 0.717) is 42.9 Å². The number of carbonyl (C=O) groups is 3. The zero-order chi connectivity index (χ0) is 21.0. The maximum absolute atomic E-state index is 12.7. The van der Waals surface area contributed by atoms with Gasteiger partial charge in [-0.1, -0.05) is 6.07 Å². The van der Waals surface area contributed by atoms with Crippen LogP contribution in [0.5, 0.6) is 0 Å². The minimum Gasteiger partial charge on any atom is -0.339 e. The van der Waals surface area contributed by atoms with Crippen LogP contribution in [-0.4, -0.2) is 35.7 Å². The third kappa shape index (κ3) is 5.22. The fourth-order valence-corrected chi connectivity index (χ4v) is 3.49. The molecule has 0 spiro atoms. The fraction of sp³-hybridized carbons (Fsp3) is 0.348. The maximum Gasteiger partial charge on any atom is 0.253 e. The first kappa shape index (κ1) is 20.6. The molecule has 152 valence electrons. The van der Waals surface area contributed by atoms with Crippen LogP contribution in [0.1, 0.15) is 41.3 Å². The highest BCUT2D eigenvalue weighted by Gasteiger charge is 2.28. The summed E-state index contributed by atoms with van der Waals surface area (Å²) in [6.45, 7) is 6.63. The molecule has 2 N–H and O–H groups in total. The second-order valence-corrected chi connectivity index (χ2v) is 7.61. The quantitative estimate of drug-likeness (QED) is 0.830. The number of amides is 3. The zero-order valence-electron chi connectivity index (χ0n) is 17.1. The van der Waals surface area contributed by atoms with Gasteiger partial charge in [-0.15, -0.1) is 0 Å². The molecule has 0 radical (unpaired) electrons. The van der Waals surface area contributed by atoms with E-state index in [4.69, 9.17) is 0 Å². The van der Waals surface area contributed by atoms with Gasteiger partial charge in [0.25, 0.3) is 5.91 Å². The molecule has 0 aliphatic carbocycles. The van der Waals surface area contributed by atoms with E-state index < -0.39 is 0 Å². The Morgan fingerprint density at radius 3 is 2.00 bits per heavy atom. The number of rotatable bonds is 4. The molecule has 2 aromatic carbocycles. The van der Waals surface area contributed by atoms with Gasteiger partial charge < -0.3 is 15.5 Å². The SMILES string of the molecule is CC(=O)Nc1ccc(NC(=O)C2CCN(C(=O)c3ccc(C)c(C)c3)CC2)cc1. The lowest BCUT2D eigenvalue weighted by Crippen LogP contribution is -2.41. The van der Waals surface area contributed by atoms with Crippen molar-refractivity contribution in [1.82, 2.24) is 4.90 Å². The number of nitrogens with zero attached hydrogens (tertiary/aromatic N) is 1. The van der Waals surface area contributed by atoms with Crippen LogP contribution < -0.4 is 10.6 Å². The minimum absolute atomic E-state index is 0.0283. The van der Waals surface area contributed by atoms with Gasteiger partial charge in [0.15, 0.2) is 0 Å². The summed E-state index contributed by atoms with van der Waals surface area (Å²) in [6.07, 6.45) is 1.29. The first-order valence-electron chi connectivity index (χ1n) is 9.88. The summed E-state index contributed by atoms with van der Waals surface area (Å²) < 4.78 is 0. The van der Waals surface area contributed by atoms with Crippen molar-refractivity contribution in [2.24, 2.45) is 5.92 Å². The fourth-order valence-electron chi connectivity index (χ4n) is 3.49. The number of anilines is 2. The lowest BCUT2D eigenvalue weighted by atomic mass is 9.95. The molecule has 0 unspecified atom stereocenters. The van der Waals surface area contributed by atoms with Gasteiger partial charge in [0, 0.05) is 42.9 Å². The molecule has 0 bridgehead atoms. The van der Waals surface area contributed by atoms with Crippen molar-refractivity contribution in [3.05, 3.63) is 59.2 Å². The summed E-state index contributed by atoms with van der Waals surface area (Å²) in [5, 5.41) is 5.62. The second-order valence-electron chi connectivity index (χ2n) is 7.61. The molecular weight excluding hydrogens is 366 g/mol. The Hall–Kier alpha value is -3.15. The summed E-state index contributed by atoms with van der Waals surface area (Å²) in [5.41, 5.74) is 4.36. The van der Waals surface area contributed by atoms with Crippen LogP contribution in [0.2, 0.25) is 0 Å². The van der Waals surface area contributed by atoms with E-state index in [1.165, 1.54) is 12.5 Å². The minimum atomic E-state index is -0.135. The highest BCUT2D eigenvalue weighted by molar-refractivity contribution is 5.96. The summed E-state index contributed by atoms with van der Waals surface area (Å²) in [4.78, 5) is 38.2. The zero-order valence-corrected chi connectivity index (χ0v) is 17.1. The Bertz CT molecular complexity index is 913. The van der Waals surface area contributed by atoms with Crippen molar-refractivity contribution in [2.75, 3.05) is 23.7 Å². The molecule has 0 saturated carbocycles. The molecule has 1 aliphatic heterocycles. The van der Waals surface area contributed by atoms with Crippen LogP contribution in [0.15, 0.2) is 42.5 Å². The van der Waals surface area contributed by atoms with Gasteiger partial charge in [0.1, 0.15) is 0 Å². The third-order valence-corrected chi connectivity index (χ3v) is 5.38. The highest BCUT2D eigenvalue weighted by atomic mass is 16.2. The molecule has 2 aromatic rings. The average Bonchev–Trinajstić information content (AvgIpc) is 2.70. The van der Waals surface area contributed by atoms with E-state index in [1.54, 1.807) is 24.3 Å². The van der Waals surface area contributed by atoms with E-state index in [0.717, 1.165) is 5.56 Å². The molecular formula is C23H27N3O3. The summed E-state index contributed by atoms with van der Waals surface area (Å²) in [6, 6.07) is 12.8. The molecule has 0 atom stereocenters. The normalized spacial score (nSPS) is 14.4. The monoisotopic (exact) mass is 393 g/mol. The lowest BCUT2D eigenvalue weighted by molar-refractivity contribution is -0.121. The Morgan fingerprint density at radius 2 is 1.45 bits per heavy atom. The molecule has 6 nitrogen and oxygen atoms in total. The lowest BCUT2D eigenvalue weighted by Gasteiger charge is -2.31.